The van der Waals surface area contributed by atoms with E-state index in [1.807, 2.05) is 24.3 Å². The average molecular weight is 508 g/mol. The smallest absolute Gasteiger partial charge is 0.165 e. The minimum atomic E-state index is -0.396. The van der Waals surface area contributed by atoms with Crippen molar-refractivity contribution in [3.63, 3.8) is 0 Å². The Balaban J connectivity index is 1.64. The predicted octanol–water partition coefficient (Wildman–Crippen LogP) is 7.64. The summed E-state index contributed by atoms with van der Waals surface area (Å²) in [4.78, 5) is 0. The molecular weight excluding hydrogens is 487 g/mol. The largest absolute Gasteiger partial charge is 0.454 e. The van der Waals surface area contributed by atoms with Crippen molar-refractivity contribution in [1.29, 1.82) is 0 Å². The molecule has 0 radical (unpaired) electrons. The lowest BCUT2D eigenvalue weighted by atomic mass is 9.86. The van der Waals surface area contributed by atoms with Gasteiger partial charge in [-0.05, 0) is 79.4 Å². The Morgan fingerprint density at radius 2 is 1.64 bits per heavy atom. The molecule has 0 aliphatic carbocycles. The lowest BCUT2D eigenvalue weighted by molar-refractivity contribution is 0.0823. The molecule has 3 aromatic carbocycles. The molecule has 3 rings (SSSR count). The van der Waals surface area contributed by atoms with Crippen LogP contribution in [0.1, 0.15) is 25.0 Å². The number of benzene rings is 3. The van der Waals surface area contributed by atoms with Crippen molar-refractivity contribution >= 4 is 31.9 Å². The molecule has 0 saturated carbocycles. The van der Waals surface area contributed by atoms with E-state index in [2.05, 4.69) is 57.8 Å². The second-order valence-corrected chi connectivity index (χ2v) is 8.89. The Morgan fingerprint density at radius 1 is 0.893 bits per heavy atom. The molecule has 0 atom stereocenters. The number of halogens is 3. The SMILES string of the molecule is CC(C)(COCc1ccc(F)c(Oc2ccccc2)c1)c1ccc(Br)c(Br)c1. The number of para-hydroxylation sites is 1. The van der Waals surface area contributed by atoms with Crippen LogP contribution in [0.2, 0.25) is 0 Å². The van der Waals surface area contributed by atoms with Gasteiger partial charge in [-0.25, -0.2) is 4.39 Å². The zero-order valence-electron chi connectivity index (χ0n) is 15.7. The maximum absolute atomic E-state index is 14.1. The molecule has 0 heterocycles. The Kier molecular flexibility index (Phi) is 6.91. The fourth-order valence-electron chi connectivity index (χ4n) is 2.76. The van der Waals surface area contributed by atoms with Gasteiger partial charge < -0.3 is 9.47 Å². The van der Waals surface area contributed by atoms with E-state index in [0.29, 0.717) is 19.0 Å². The van der Waals surface area contributed by atoms with E-state index in [0.717, 1.165) is 14.5 Å². The van der Waals surface area contributed by atoms with E-state index in [9.17, 15) is 4.39 Å². The van der Waals surface area contributed by atoms with E-state index < -0.39 is 5.82 Å². The van der Waals surface area contributed by atoms with Crippen molar-refractivity contribution in [3.05, 3.63) is 92.6 Å². The first kappa shape index (κ1) is 21.0. The summed E-state index contributed by atoms with van der Waals surface area (Å²) in [6.45, 7) is 5.19. The summed E-state index contributed by atoms with van der Waals surface area (Å²) in [5.74, 6) is 0.400. The third-order valence-corrected chi connectivity index (χ3v) is 6.28. The summed E-state index contributed by atoms with van der Waals surface area (Å²) in [6, 6.07) is 20.2. The lowest BCUT2D eigenvalue weighted by Gasteiger charge is -2.25. The van der Waals surface area contributed by atoms with Crippen molar-refractivity contribution in [2.45, 2.75) is 25.9 Å². The van der Waals surface area contributed by atoms with Gasteiger partial charge in [0.1, 0.15) is 5.75 Å². The van der Waals surface area contributed by atoms with E-state index >= 15 is 0 Å². The molecule has 2 nitrogen and oxygen atoms in total. The van der Waals surface area contributed by atoms with E-state index in [1.54, 1.807) is 24.3 Å². The number of ether oxygens (including phenoxy) is 2. The highest BCUT2D eigenvalue weighted by molar-refractivity contribution is 9.13. The zero-order valence-corrected chi connectivity index (χ0v) is 18.9. The van der Waals surface area contributed by atoms with Gasteiger partial charge in [0.25, 0.3) is 0 Å². The minimum Gasteiger partial charge on any atom is -0.454 e. The Morgan fingerprint density at radius 3 is 2.36 bits per heavy atom. The van der Waals surface area contributed by atoms with Gasteiger partial charge in [-0.15, -0.1) is 0 Å². The monoisotopic (exact) mass is 506 g/mol. The third-order valence-electron chi connectivity index (χ3n) is 4.40. The van der Waals surface area contributed by atoms with Crippen LogP contribution in [0.3, 0.4) is 0 Å². The summed E-state index contributed by atoms with van der Waals surface area (Å²) in [5, 5.41) is 0. The first-order valence-electron chi connectivity index (χ1n) is 8.90. The topological polar surface area (TPSA) is 18.5 Å². The van der Waals surface area contributed by atoms with Gasteiger partial charge in [0.2, 0.25) is 0 Å². The third kappa shape index (κ3) is 5.43. The van der Waals surface area contributed by atoms with Crippen LogP contribution in [0.15, 0.2) is 75.7 Å². The molecule has 0 saturated heterocycles. The van der Waals surface area contributed by atoms with Gasteiger partial charge >= 0.3 is 0 Å². The normalized spacial score (nSPS) is 11.5. The predicted molar refractivity (Wildman–Crippen MR) is 117 cm³/mol. The van der Waals surface area contributed by atoms with Crippen LogP contribution in [-0.2, 0) is 16.8 Å². The second-order valence-electron chi connectivity index (χ2n) is 7.19. The van der Waals surface area contributed by atoms with Gasteiger partial charge in [0, 0.05) is 14.4 Å². The fourth-order valence-corrected chi connectivity index (χ4v) is 3.38. The van der Waals surface area contributed by atoms with Gasteiger partial charge in [0.15, 0.2) is 11.6 Å². The highest BCUT2D eigenvalue weighted by Crippen LogP contribution is 2.31. The first-order chi connectivity index (χ1) is 13.3. The van der Waals surface area contributed by atoms with Crippen LogP contribution < -0.4 is 4.74 Å². The van der Waals surface area contributed by atoms with Gasteiger partial charge in [-0.1, -0.05) is 44.2 Å². The molecule has 3 aromatic rings. The van der Waals surface area contributed by atoms with Crippen molar-refractivity contribution in [2.24, 2.45) is 0 Å². The Labute approximate surface area is 181 Å². The van der Waals surface area contributed by atoms with Crippen LogP contribution in [0.25, 0.3) is 0 Å². The molecule has 0 amide bonds. The second kappa shape index (κ2) is 9.21. The molecule has 0 aliphatic heterocycles. The average Bonchev–Trinajstić information content (AvgIpc) is 2.67. The van der Waals surface area contributed by atoms with Gasteiger partial charge in [-0.3, -0.25) is 0 Å². The quantitative estimate of drug-likeness (QED) is 0.327. The minimum absolute atomic E-state index is 0.160. The molecule has 0 N–H and O–H groups in total. The summed E-state index contributed by atoms with van der Waals surface area (Å²) < 4.78 is 27.7. The first-order valence-corrected chi connectivity index (χ1v) is 10.5. The van der Waals surface area contributed by atoms with Crippen LogP contribution in [0.4, 0.5) is 4.39 Å². The molecule has 0 aromatic heterocycles. The summed E-state index contributed by atoms with van der Waals surface area (Å²) >= 11 is 7.04. The van der Waals surface area contributed by atoms with E-state index in [-0.39, 0.29) is 11.2 Å². The van der Waals surface area contributed by atoms with Crippen molar-refractivity contribution in [3.8, 4) is 11.5 Å². The number of hydrogen-bond donors (Lipinski definition) is 0. The molecule has 0 spiro atoms. The van der Waals surface area contributed by atoms with E-state index in [1.165, 1.54) is 11.6 Å². The van der Waals surface area contributed by atoms with E-state index in [4.69, 9.17) is 9.47 Å². The van der Waals surface area contributed by atoms with Crippen molar-refractivity contribution in [1.82, 2.24) is 0 Å². The summed E-state index contributed by atoms with van der Waals surface area (Å²) in [5.41, 5.74) is 1.88. The van der Waals surface area contributed by atoms with Crippen LogP contribution in [0, 0.1) is 5.82 Å². The molecule has 0 unspecified atom stereocenters. The lowest BCUT2D eigenvalue weighted by Crippen LogP contribution is -2.24. The van der Waals surface area contributed by atoms with Crippen LogP contribution >= 0.6 is 31.9 Å². The molecule has 5 heteroatoms. The maximum Gasteiger partial charge on any atom is 0.165 e. The van der Waals surface area contributed by atoms with Gasteiger partial charge in [-0.2, -0.15) is 0 Å². The molecule has 0 fully saturated rings. The highest BCUT2D eigenvalue weighted by atomic mass is 79.9. The summed E-state index contributed by atoms with van der Waals surface area (Å²) in [6.07, 6.45) is 0. The van der Waals surface area contributed by atoms with Crippen LogP contribution in [-0.4, -0.2) is 6.61 Å². The molecule has 146 valence electrons. The molecule has 0 bridgehead atoms. The van der Waals surface area contributed by atoms with Crippen molar-refractivity contribution < 1.29 is 13.9 Å². The molecule has 0 aliphatic rings. The maximum atomic E-state index is 14.1. The Bertz CT molecular complexity index is 943. The fraction of sp³-hybridized carbons (Fsp3) is 0.217. The standard InChI is InChI=1S/C23H21Br2FO2/c1-23(2,17-9-10-19(24)20(25)13-17)15-27-14-16-8-11-21(26)22(12-16)28-18-6-4-3-5-7-18/h3-13H,14-15H2,1-2H3. The van der Waals surface area contributed by atoms with Crippen LogP contribution in [0.5, 0.6) is 11.5 Å². The number of rotatable bonds is 7. The highest BCUT2D eigenvalue weighted by Gasteiger charge is 2.22. The van der Waals surface area contributed by atoms with Gasteiger partial charge in [0.05, 0.1) is 13.2 Å². The van der Waals surface area contributed by atoms with Crippen molar-refractivity contribution in [2.75, 3.05) is 6.61 Å². The summed E-state index contributed by atoms with van der Waals surface area (Å²) in [7, 11) is 0. The molecular formula is C23H21Br2FO2. The number of hydrogen-bond acceptors (Lipinski definition) is 2. The molecule has 28 heavy (non-hydrogen) atoms. The zero-order chi connectivity index (χ0) is 20.1. The Hall–Kier alpha value is -1.69.